The van der Waals surface area contributed by atoms with Gasteiger partial charge in [-0.2, -0.15) is 0 Å². The van der Waals surface area contributed by atoms with E-state index in [4.69, 9.17) is 16.3 Å². The Bertz CT molecular complexity index is 555. The molecule has 0 aliphatic rings. The summed E-state index contributed by atoms with van der Waals surface area (Å²) in [6.45, 7) is 0. The number of nitrogens with one attached hydrogen (secondary N) is 1. The van der Waals surface area contributed by atoms with Crippen LogP contribution in [0.3, 0.4) is 0 Å². The van der Waals surface area contributed by atoms with Crippen molar-refractivity contribution in [2.24, 2.45) is 0 Å². The Morgan fingerprint density at radius 3 is 2.61 bits per heavy atom. The fourth-order valence-corrected chi connectivity index (χ4v) is 1.56. The van der Waals surface area contributed by atoms with Gasteiger partial charge in [0.25, 0.3) is 5.91 Å². The molecule has 0 unspecified atom stereocenters. The smallest absolute Gasteiger partial charge is 0.256 e. The molecule has 0 bridgehead atoms. The Kier molecular flexibility index (Phi) is 3.79. The third kappa shape index (κ3) is 2.99. The second-order valence-electron chi connectivity index (χ2n) is 3.54. The Labute approximate surface area is 110 Å². The van der Waals surface area contributed by atoms with Gasteiger partial charge in [0.15, 0.2) is 0 Å². The largest absolute Gasteiger partial charge is 0.497 e. The van der Waals surface area contributed by atoms with Crippen molar-refractivity contribution in [2.45, 2.75) is 0 Å². The minimum Gasteiger partial charge on any atom is -0.497 e. The Balaban J connectivity index is 2.11. The highest BCUT2D eigenvalue weighted by Crippen LogP contribution is 2.15. The van der Waals surface area contributed by atoms with Gasteiger partial charge in [0.2, 0.25) is 0 Å². The molecule has 0 atom stereocenters. The summed E-state index contributed by atoms with van der Waals surface area (Å²) in [4.78, 5) is 15.9. The maximum absolute atomic E-state index is 11.9. The van der Waals surface area contributed by atoms with Gasteiger partial charge in [0.05, 0.1) is 7.11 Å². The van der Waals surface area contributed by atoms with Gasteiger partial charge in [0, 0.05) is 16.8 Å². The van der Waals surface area contributed by atoms with E-state index >= 15 is 0 Å². The van der Waals surface area contributed by atoms with E-state index in [0.29, 0.717) is 22.2 Å². The fraction of sp³-hybridized carbons (Fsp3) is 0.0769. The maximum Gasteiger partial charge on any atom is 0.256 e. The summed E-state index contributed by atoms with van der Waals surface area (Å²) in [6.07, 6.45) is 1.53. The number of hydrogen-bond acceptors (Lipinski definition) is 3. The standard InChI is InChI=1S/C13H11ClN2O2/c1-18-11-4-2-9(3-5-11)13(17)16-12-8-10(14)6-7-15-12/h2-8H,1H3,(H,15,16,17). The molecule has 18 heavy (non-hydrogen) atoms. The molecule has 1 N–H and O–H groups in total. The molecule has 4 nitrogen and oxygen atoms in total. The summed E-state index contributed by atoms with van der Waals surface area (Å²) in [5, 5.41) is 3.18. The lowest BCUT2D eigenvalue weighted by Crippen LogP contribution is -2.12. The number of amides is 1. The van der Waals surface area contributed by atoms with E-state index in [-0.39, 0.29) is 5.91 Å². The van der Waals surface area contributed by atoms with Crippen LogP contribution in [0.2, 0.25) is 5.02 Å². The predicted molar refractivity (Wildman–Crippen MR) is 70.2 cm³/mol. The minimum absolute atomic E-state index is 0.243. The van der Waals surface area contributed by atoms with Crippen molar-refractivity contribution in [1.29, 1.82) is 0 Å². The molecule has 1 aromatic carbocycles. The molecule has 5 heteroatoms. The molecule has 2 aromatic rings. The molecule has 1 heterocycles. The van der Waals surface area contributed by atoms with Gasteiger partial charge < -0.3 is 10.1 Å². The normalized spacial score (nSPS) is 9.89. The number of halogens is 1. The van der Waals surface area contributed by atoms with Crippen LogP contribution in [-0.4, -0.2) is 18.0 Å². The minimum atomic E-state index is -0.243. The van der Waals surface area contributed by atoms with Crippen LogP contribution < -0.4 is 10.1 Å². The lowest BCUT2D eigenvalue weighted by atomic mass is 10.2. The summed E-state index contributed by atoms with van der Waals surface area (Å²) in [5.74, 6) is 0.878. The Hall–Kier alpha value is -2.07. The summed E-state index contributed by atoms with van der Waals surface area (Å²) in [5.41, 5.74) is 0.526. The molecule has 0 saturated carbocycles. The zero-order valence-electron chi connectivity index (χ0n) is 9.68. The first-order valence-electron chi connectivity index (χ1n) is 5.26. The van der Waals surface area contributed by atoms with E-state index < -0.39 is 0 Å². The molecule has 2 rings (SSSR count). The van der Waals surface area contributed by atoms with Gasteiger partial charge in [0.1, 0.15) is 11.6 Å². The van der Waals surface area contributed by atoms with Gasteiger partial charge in [-0.15, -0.1) is 0 Å². The van der Waals surface area contributed by atoms with Crippen LogP contribution in [0.1, 0.15) is 10.4 Å². The van der Waals surface area contributed by atoms with Crippen molar-refractivity contribution in [1.82, 2.24) is 4.98 Å². The van der Waals surface area contributed by atoms with Crippen molar-refractivity contribution >= 4 is 23.3 Å². The van der Waals surface area contributed by atoms with E-state index in [9.17, 15) is 4.79 Å². The number of anilines is 1. The quantitative estimate of drug-likeness (QED) is 0.925. The first-order chi connectivity index (χ1) is 8.69. The van der Waals surface area contributed by atoms with Crippen molar-refractivity contribution < 1.29 is 9.53 Å². The molecule has 0 spiro atoms. The lowest BCUT2D eigenvalue weighted by Gasteiger charge is -2.05. The van der Waals surface area contributed by atoms with Crippen molar-refractivity contribution in [3.8, 4) is 5.75 Å². The van der Waals surface area contributed by atoms with Crippen molar-refractivity contribution in [3.05, 3.63) is 53.2 Å². The SMILES string of the molecule is COc1ccc(C(=O)Nc2cc(Cl)ccn2)cc1. The number of ether oxygens (including phenoxy) is 1. The zero-order valence-corrected chi connectivity index (χ0v) is 10.4. The molecule has 0 fully saturated rings. The van der Waals surface area contributed by atoms with Gasteiger partial charge >= 0.3 is 0 Å². The van der Waals surface area contributed by atoms with Gasteiger partial charge in [-0.25, -0.2) is 4.98 Å². The van der Waals surface area contributed by atoms with Gasteiger partial charge in [-0.1, -0.05) is 11.6 Å². The van der Waals surface area contributed by atoms with Crippen LogP contribution in [0.15, 0.2) is 42.6 Å². The van der Waals surface area contributed by atoms with Gasteiger partial charge in [-0.3, -0.25) is 4.79 Å². The molecular weight excluding hydrogens is 252 g/mol. The average molecular weight is 263 g/mol. The number of carbonyl (C=O) groups is 1. The summed E-state index contributed by atoms with van der Waals surface area (Å²) < 4.78 is 5.02. The van der Waals surface area contributed by atoms with Crippen LogP contribution in [0.4, 0.5) is 5.82 Å². The molecule has 92 valence electrons. The summed E-state index contributed by atoms with van der Waals surface area (Å²) >= 11 is 5.81. The second kappa shape index (κ2) is 5.51. The van der Waals surface area contributed by atoms with E-state index in [1.54, 1.807) is 43.5 Å². The number of hydrogen-bond donors (Lipinski definition) is 1. The first kappa shape index (κ1) is 12.4. The fourth-order valence-electron chi connectivity index (χ4n) is 1.40. The predicted octanol–water partition coefficient (Wildman–Crippen LogP) is 3.00. The van der Waals surface area contributed by atoms with E-state index in [2.05, 4.69) is 10.3 Å². The molecule has 1 aromatic heterocycles. The Morgan fingerprint density at radius 2 is 2.00 bits per heavy atom. The molecular formula is C13H11ClN2O2. The number of methoxy groups -OCH3 is 1. The monoisotopic (exact) mass is 262 g/mol. The van der Waals surface area contributed by atoms with Gasteiger partial charge in [-0.05, 0) is 36.4 Å². The molecule has 0 aliphatic heterocycles. The van der Waals surface area contributed by atoms with Crippen LogP contribution in [0.25, 0.3) is 0 Å². The number of carbonyl (C=O) groups excluding carboxylic acids is 1. The van der Waals surface area contributed by atoms with Crippen LogP contribution in [0.5, 0.6) is 5.75 Å². The number of pyridine rings is 1. The molecule has 0 saturated heterocycles. The van der Waals surface area contributed by atoms with Crippen molar-refractivity contribution in [3.63, 3.8) is 0 Å². The molecule has 1 amide bonds. The third-order valence-electron chi connectivity index (χ3n) is 2.32. The summed E-state index contributed by atoms with van der Waals surface area (Å²) in [7, 11) is 1.57. The summed E-state index contributed by atoms with van der Waals surface area (Å²) in [6, 6.07) is 10.0. The van der Waals surface area contributed by atoms with E-state index in [0.717, 1.165) is 0 Å². The zero-order chi connectivity index (χ0) is 13.0. The van der Waals surface area contributed by atoms with Crippen LogP contribution >= 0.6 is 11.6 Å². The Morgan fingerprint density at radius 1 is 1.28 bits per heavy atom. The lowest BCUT2D eigenvalue weighted by molar-refractivity contribution is 0.102. The number of rotatable bonds is 3. The number of nitrogens with zero attached hydrogens (tertiary/aromatic N) is 1. The highest BCUT2D eigenvalue weighted by Gasteiger charge is 2.06. The maximum atomic E-state index is 11.9. The van der Waals surface area contributed by atoms with E-state index in [1.807, 2.05) is 0 Å². The van der Waals surface area contributed by atoms with Crippen molar-refractivity contribution in [2.75, 3.05) is 12.4 Å². The highest BCUT2D eigenvalue weighted by atomic mass is 35.5. The van der Waals surface area contributed by atoms with Crippen LogP contribution in [-0.2, 0) is 0 Å². The first-order valence-corrected chi connectivity index (χ1v) is 5.64. The molecule has 0 aliphatic carbocycles. The number of aromatic nitrogens is 1. The topological polar surface area (TPSA) is 51.2 Å². The van der Waals surface area contributed by atoms with Crippen LogP contribution in [0, 0.1) is 0 Å². The highest BCUT2D eigenvalue weighted by molar-refractivity contribution is 6.30. The molecule has 0 radical (unpaired) electrons. The third-order valence-corrected chi connectivity index (χ3v) is 2.55. The second-order valence-corrected chi connectivity index (χ2v) is 3.98. The average Bonchev–Trinajstić information content (AvgIpc) is 2.39. The number of benzene rings is 1. The van der Waals surface area contributed by atoms with E-state index in [1.165, 1.54) is 6.20 Å².